The maximum atomic E-state index is 5.82. The van der Waals surface area contributed by atoms with Crippen LogP contribution in [0.5, 0.6) is 5.75 Å². The maximum Gasteiger partial charge on any atom is 0.119 e. The molecule has 0 aliphatic rings. The minimum Gasteiger partial charge on any atom is -0.497 e. The number of hydrogen-bond acceptors (Lipinski definition) is 4. The molecule has 0 unspecified atom stereocenters. The van der Waals surface area contributed by atoms with Crippen LogP contribution in [0.25, 0.3) is 0 Å². The number of halogens is 1. The number of aromatic nitrogens is 1. The Labute approximate surface area is 116 Å². The summed E-state index contributed by atoms with van der Waals surface area (Å²) in [7, 11) is 1.68. The minimum atomic E-state index is 0.736. The number of benzene rings is 1. The van der Waals surface area contributed by atoms with Gasteiger partial charge in [0.25, 0.3) is 0 Å². The average Bonchev–Trinajstić information content (AvgIpc) is 2.81. The molecule has 0 bridgehead atoms. The molecular formula is C13H15ClN2OS. The van der Waals surface area contributed by atoms with Crippen LogP contribution in [0.4, 0.5) is 0 Å². The Morgan fingerprint density at radius 1 is 1.44 bits per heavy atom. The lowest BCUT2D eigenvalue weighted by Crippen LogP contribution is -2.16. The molecule has 0 amide bonds. The third-order valence-corrected chi connectivity index (χ3v) is 3.64. The SMILES string of the molecule is COc1cccc(CCNCc2ncc(Cl)s2)c1. The Hall–Kier alpha value is -1.10. The fourth-order valence-electron chi connectivity index (χ4n) is 1.63. The molecule has 1 N–H and O–H groups in total. The van der Waals surface area contributed by atoms with E-state index in [1.807, 2.05) is 12.1 Å². The van der Waals surface area contributed by atoms with Gasteiger partial charge >= 0.3 is 0 Å². The molecule has 0 aliphatic carbocycles. The number of thiazole rings is 1. The monoisotopic (exact) mass is 282 g/mol. The predicted octanol–water partition coefficient (Wildman–Crippen LogP) is 3.14. The smallest absolute Gasteiger partial charge is 0.119 e. The highest BCUT2D eigenvalue weighted by molar-refractivity contribution is 7.15. The summed E-state index contributed by atoms with van der Waals surface area (Å²) in [5.41, 5.74) is 1.26. The molecule has 96 valence electrons. The Balaban J connectivity index is 1.74. The normalized spacial score (nSPS) is 10.6. The summed E-state index contributed by atoms with van der Waals surface area (Å²) >= 11 is 7.33. The predicted molar refractivity (Wildman–Crippen MR) is 75.5 cm³/mol. The van der Waals surface area contributed by atoms with E-state index >= 15 is 0 Å². The molecule has 0 atom stereocenters. The molecule has 0 radical (unpaired) electrons. The number of hydrogen-bond donors (Lipinski definition) is 1. The van der Waals surface area contributed by atoms with Crippen molar-refractivity contribution in [1.82, 2.24) is 10.3 Å². The topological polar surface area (TPSA) is 34.1 Å². The van der Waals surface area contributed by atoms with E-state index in [1.165, 1.54) is 16.9 Å². The molecule has 1 aromatic carbocycles. The fraction of sp³-hybridized carbons (Fsp3) is 0.308. The van der Waals surface area contributed by atoms with Crippen molar-refractivity contribution < 1.29 is 4.74 Å². The van der Waals surface area contributed by atoms with Crippen molar-refractivity contribution in [2.75, 3.05) is 13.7 Å². The van der Waals surface area contributed by atoms with E-state index in [2.05, 4.69) is 22.4 Å². The lowest BCUT2D eigenvalue weighted by molar-refractivity contribution is 0.414. The molecule has 0 fully saturated rings. The van der Waals surface area contributed by atoms with Gasteiger partial charge in [-0.25, -0.2) is 4.98 Å². The van der Waals surface area contributed by atoms with Crippen molar-refractivity contribution in [2.45, 2.75) is 13.0 Å². The van der Waals surface area contributed by atoms with Crippen molar-refractivity contribution in [3.05, 3.63) is 45.4 Å². The highest BCUT2D eigenvalue weighted by Gasteiger charge is 2.00. The minimum absolute atomic E-state index is 0.736. The third-order valence-electron chi connectivity index (χ3n) is 2.53. The van der Waals surface area contributed by atoms with Crippen LogP contribution in [0.1, 0.15) is 10.6 Å². The van der Waals surface area contributed by atoms with Crippen molar-refractivity contribution in [3.63, 3.8) is 0 Å². The summed E-state index contributed by atoms with van der Waals surface area (Å²) in [6, 6.07) is 8.12. The molecule has 0 spiro atoms. The Morgan fingerprint density at radius 2 is 2.33 bits per heavy atom. The van der Waals surface area contributed by atoms with Gasteiger partial charge in [-0.2, -0.15) is 0 Å². The van der Waals surface area contributed by atoms with Crippen molar-refractivity contribution in [3.8, 4) is 5.75 Å². The van der Waals surface area contributed by atoms with Crippen LogP contribution in [0.15, 0.2) is 30.5 Å². The average molecular weight is 283 g/mol. The molecular weight excluding hydrogens is 268 g/mol. The number of nitrogens with one attached hydrogen (secondary N) is 1. The van der Waals surface area contributed by atoms with E-state index in [0.29, 0.717) is 0 Å². The fourth-order valence-corrected chi connectivity index (χ4v) is 2.55. The van der Waals surface area contributed by atoms with E-state index in [1.54, 1.807) is 13.3 Å². The van der Waals surface area contributed by atoms with Crippen LogP contribution >= 0.6 is 22.9 Å². The van der Waals surface area contributed by atoms with Gasteiger partial charge in [0.2, 0.25) is 0 Å². The molecule has 2 aromatic rings. The molecule has 5 heteroatoms. The van der Waals surface area contributed by atoms with Crippen molar-refractivity contribution in [1.29, 1.82) is 0 Å². The molecule has 3 nitrogen and oxygen atoms in total. The first-order valence-corrected chi connectivity index (χ1v) is 6.91. The molecule has 1 aromatic heterocycles. The third kappa shape index (κ3) is 3.98. The highest BCUT2D eigenvalue weighted by atomic mass is 35.5. The molecule has 0 saturated heterocycles. The second-order valence-electron chi connectivity index (χ2n) is 3.84. The first kappa shape index (κ1) is 13.3. The second kappa shape index (κ2) is 6.73. The van der Waals surface area contributed by atoms with Gasteiger partial charge in [-0.3, -0.25) is 0 Å². The van der Waals surface area contributed by atoms with Crippen LogP contribution in [0, 0.1) is 0 Å². The molecule has 18 heavy (non-hydrogen) atoms. The van der Waals surface area contributed by atoms with Gasteiger partial charge in [0, 0.05) is 6.54 Å². The molecule has 0 saturated carbocycles. The van der Waals surface area contributed by atoms with Gasteiger partial charge in [-0.1, -0.05) is 23.7 Å². The molecule has 1 heterocycles. The zero-order valence-corrected chi connectivity index (χ0v) is 11.7. The van der Waals surface area contributed by atoms with Crippen molar-refractivity contribution in [2.24, 2.45) is 0 Å². The van der Waals surface area contributed by atoms with Gasteiger partial charge in [0.15, 0.2) is 0 Å². The number of ether oxygens (including phenoxy) is 1. The van der Waals surface area contributed by atoms with E-state index in [4.69, 9.17) is 16.3 Å². The van der Waals surface area contributed by atoms with Gasteiger partial charge in [0.1, 0.15) is 15.1 Å². The van der Waals surface area contributed by atoms with Crippen LogP contribution in [-0.2, 0) is 13.0 Å². The Kier molecular flexibility index (Phi) is 4.99. The largest absolute Gasteiger partial charge is 0.497 e. The van der Waals surface area contributed by atoms with Gasteiger partial charge in [0.05, 0.1) is 13.3 Å². The van der Waals surface area contributed by atoms with Gasteiger partial charge in [-0.05, 0) is 30.7 Å². The maximum absolute atomic E-state index is 5.82. The zero-order valence-electron chi connectivity index (χ0n) is 10.1. The number of methoxy groups -OCH3 is 1. The van der Waals surface area contributed by atoms with Crippen molar-refractivity contribution >= 4 is 22.9 Å². The highest BCUT2D eigenvalue weighted by Crippen LogP contribution is 2.17. The Morgan fingerprint density at radius 3 is 3.06 bits per heavy atom. The summed E-state index contributed by atoms with van der Waals surface area (Å²) in [6.07, 6.45) is 2.65. The lowest BCUT2D eigenvalue weighted by atomic mass is 10.1. The number of nitrogens with zero attached hydrogens (tertiary/aromatic N) is 1. The summed E-state index contributed by atoms with van der Waals surface area (Å²) in [6.45, 7) is 1.67. The van der Waals surface area contributed by atoms with E-state index < -0.39 is 0 Å². The summed E-state index contributed by atoms with van der Waals surface area (Å²) in [5.74, 6) is 0.902. The standard InChI is InChI=1S/C13H15ClN2OS/c1-17-11-4-2-3-10(7-11)5-6-15-9-13-16-8-12(14)18-13/h2-4,7-8,15H,5-6,9H2,1H3. The first-order chi connectivity index (χ1) is 8.78. The van der Waals surface area contributed by atoms with Gasteiger partial charge in [-0.15, -0.1) is 11.3 Å². The lowest BCUT2D eigenvalue weighted by Gasteiger charge is -2.05. The summed E-state index contributed by atoms with van der Waals surface area (Å²) in [4.78, 5) is 4.19. The Bertz CT molecular complexity index is 501. The van der Waals surface area contributed by atoms with E-state index in [9.17, 15) is 0 Å². The number of rotatable bonds is 6. The van der Waals surface area contributed by atoms with Crippen LogP contribution in [0.2, 0.25) is 4.34 Å². The second-order valence-corrected chi connectivity index (χ2v) is 5.58. The quantitative estimate of drug-likeness (QED) is 0.827. The zero-order chi connectivity index (χ0) is 12.8. The van der Waals surface area contributed by atoms with Crippen LogP contribution in [-0.4, -0.2) is 18.6 Å². The van der Waals surface area contributed by atoms with Crippen LogP contribution < -0.4 is 10.1 Å². The van der Waals surface area contributed by atoms with E-state index in [0.717, 1.165) is 34.6 Å². The first-order valence-electron chi connectivity index (χ1n) is 5.72. The summed E-state index contributed by atoms with van der Waals surface area (Å²) < 4.78 is 5.93. The van der Waals surface area contributed by atoms with Crippen LogP contribution in [0.3, 0.4) is 0 Å². The molecule has 2 rings (SSSR count). The molecule has 0 aliphatic heterocycles. The summed E-state index contributed by atoms with van der Waals surface area (Å²) in [5, 5.41) is 4.37. The van der Waals surface area contributed by atoms with Gasteiger partial charge < -0.3 is 10.1 Å². The van der Waals surface area contributed by atoms with E-state index in [-0.39, 0.29) is 0 Å².